The van der Waals surface area contributed by atoms with Crippen molar-refractivity contribution in [1.29, 1.82) is 0 Å². The average Bonchev–Trinajstić information content (AvgIpc) is 2.95. The molecule has 0 amide bonds. The monoisotopic (exact) mass is 832 g/mol. The van der Waals surface area contributed by atoms with Crippen LogP contribution in [0.4, 0.5) is 0 Å². The van der Waals surface area contributed by atoms with Gasteiger partial charge in [0.25, 0.3) is 0 Å². The first-order valence-corrected chi connectivity index (χ1v) is 15.5. The molecule has 2 aromatic rings. The molecule has 19 heteroatoms. The van der Waals surface area contributed by atoms with Crippen molar-refractivity contribution in [2.75, 3.05) is 13.1 Å². The van der Waals surface area contributed by atoms with Crippen LogP contribution >= 0.6 is 0 Å². The molecule has 0 unspecified atom stereocenters. The zero-order valence-electron chi connectivity index (χ0n) is 30.2. The number of hydrogen-bond donors (Lipinski definition) is 2. The molecule has 5 rings (SSSR count). The first kappa shape index (κ1) is 71.4. The number of pyridine rings is 2. The molecular formula is C32H70Cl2N6O10Zn. The summed E-state index contributed by atoms with van der Waals surface area (Å²) < 4.78 is 0. The maximum atomic E-state index is 4.71. The molecule has 3 heterocycles. The Balaban J connectivity index is -0.000000194. The van der Waals surface area contributed by atoms with Gasteiger partial charge in [-0.15, -0.1) is 0 Å². The van der Waals surface area contributed by atoms with Gasteiger partial charge in [-0.1, -0.05) is 37.8 Å². The van der Waals surface area contributed by atoms with E-state index in [1.165, 1.54) is 75.6 Å². The van der Waals surface area contributed by atoms with Gasteiger partial charge in [-0.3, -0.25) is 19.8 Å². The number of hydrogen-bond acceptors (Lipinski definition) is 6. The van der Waals surface area contributed by atoms with Crippen LogP contribution < -0.4 is 35.4 Å². The van der Waals surface area contributed by atoms with Crippen molar-refractivity contribution in [1.82, 2.24) is 30.4 Å². The molecule has 0 aromatic carbocycles. The molecule has 6 atom stereocenters. The summed E-state index contributed by atoms with van der Waals surface area (Å²) in [6.45, 7) is 8.98. The van der Waals surface area contributed by atoms with Crippen LogP contribution in [0.1, 0.15) is 89.4 Å². The maximum absolute atomic E-state index is 4.71. The summed E-state index contributed by atoms with van der Waals surface area (Å²) in [7, 11) is 0. The summed E-state index contributed by atoms with van der Waals surface area (Å²) >= 11 is 0. The molecule has 1 aliphatic heterocycles. The molecule has 0 bridgehead atoms. The number of nitrogens with zero attached hydrogens (tertiary/aromatic N) is 4. The van der Waals surface area contributed by atoms with Crippen molar-refractivity contribution in [2.24, 2.45) is 0 Å². The van der Waals surface area contributed by atoms with E-state index in [0.29, 0.717) is 36.3 Å². The van der Waals surface area contributed by atoms with Gasteiger partial charge in [-0.25, -0.2) is 0 Å². The largest absolute Gasteiger partial charge is 2.00 e. The van der Waals surface area contributed by atoms with Crippen molar-refractivity contribution >= 4 is 0 Å². The van der Waals surface area contributed by atoms with Gasteiger partial charge in [-0.05, 0) is 76.6 Å². The molecule has 0 spiro atoms. The van der Waals surface area contributed by atoms with E-state index in [-0.39, 0.29) is 99.1 Å². The molecular weight excluding hydrogens is 765 g/mol. The van der Waals surface area contributed by atoms with Crippen LogP contribution in [-0.2, 0) is 32.6 Å². The van der Waals surface area contributed by atoms with E-state index >= 15 is 0 Å². The fraction of sp³-hybridized carbons (Fsp3) is 0.688. The van der Waals surface area contributed by atoms with Crippen LogP contribution in [0.25, 0.3) is 0 Å². The second kappa shape index (κ2) is 37.3. The summed E-state index contributed by atoms with van der Waals surface area (Å²) in [6, 6.07) is 16.0. The Morgan fingerprint density at radius 2 is 0.863 bits per heavy atom. The van der Waals surface area contributed by atoms with Crippen LogP contribution in [0.15, 0.2) is 48.8 Å². The average molecular weight is 835 g/mol. The van der Waals surface area contributed by atoms with E-state index < -0.39 is 0 Å². The smallest absolute Gasteiger partial charge is 1.00 e. The van der Waals surface area contributed by atoms with Gasteiger partial charge in [0, 0.05) is 74.8 Å². The standard InChI is InChI=1S/C32H50N6.2ClH.10H2O.Zn/c1-25-17-21-37(23-27-11-7-9-19-33-27)32-16-6-4-14-30(32)36-26(2)18-22-38(24-28-12-8-10-20-34-28)31-15-5-3-13-29(31)35-25;;;;;;;;;;;;;/h7-12,19-20,25-26,29-32,35-36H,3-6,13-18,21-24H2,1-2H3;2*1H;10*1H2;/q;;;;;;;;;;;;;+2/p-2/t25-,26+,29-,30+,31-,32+;;;;;;;;;;;;;. The molecule has 22 N–H and O–H groups in total. The van der Waals surface area contributed by atoms with Crippen molar-refractivity contribution in [2.45, 2.75) is 127 Å². The van der Waals surface area contributed by atoms with Gasteiger partial charge in [0.15, 0.2) is 0 Å². The van der Waals surface area contributed by atoms with E-state index in [2.05, 4.69) is 58.5 Å². The Kier molecular flexibility index (Phi) is 52.1. The molecule has 2 aromatic heterocycles. The minimum Gasteiger partial charge on any atom is -1.00 e. The summed E-state index contributed by atoms with van der Waals surface area (Å²) in [5.74, 6) is 0. The number of aromatic nitrogens is 2. The van der Waals surface area contributed by atoms with E-state index in [4.69, 9.17) is 9.97 Å². The molecule has 51 heavy (non-hydrogen) atoms. The Hall–Kier alpha value is -1.06. The summed E-state index contributed by atoms with van der Waals surface area (Å²) in [4.78, 5) is 15.0. The molecule has 3 aliphatic rings. The third-order valence-corrected chi connectivity index (χ3v) is 9.28. The number of halogens is 2. The zero-order valence-corrected chi connectivity index (χ0v) is 34.7. The normalized spacial score (nSPS) is 24.3. The van der Waals surface area contributed by atoms with E-state index in [0.717, 1.165) is 26.2 Å². The first-order valence-electron chi connectivity index (χ1n) is 15.5. The van der Waals surface area contributed by atoms with Crippen LogP contribution in [-0.4, -0.2) is 124 Å². The summed E-state index contributed by atoms with van der Waals surface area (Å²) in [5, 5.41) is 8.27. The van der Waals surface area contributed by atoms with Crippen molar-refractivity contribution in [3.63, 3.8) is 0 Å². The van der Waals surface area contributed by atoms with E-state index in [1.807, 2.05) is 24.5 Å². The zero-order chi connectivity index (χ0) is 26.2. The number of nitrogens with one attached hydrogen (secondary N) is 2. The van der Waals surface area contributed by atoms with Crippen LogP contribution in [0.2, 0.25) is 0 Å². The van der Waals surface area contributed by atoms with E-state index in [1.54, 1.807) is 0 Å². The van der Waals surface area contributed by atoms with Gasteiger partial charge in [-0.2, -0.15) is 0 Å². The molecule has 2 aliphatic carbocycles. The summed E-state index contributed by atoms with van der Waals surface area (Å²) in [6.07, 6.45) is 16.7. The Bertz CT molecular complexity index is 917. The predicted octanol–water partition coefficient (Wildman–Crippen LogP) is -9.09. The number of fused-ring (bicyclic) bond motifs is 2. The number of rotatable bonds is 4. The van der Waals surface area contributed by atoms with Crippen molar-refractivity contribution < 1.29 is 99.1 Å². The van der Waals surface area contributed by atoms with Crippen LogP contribution in [0.3, 0.4) is 0 Å². The summed E-state index contributed by atoms with van der Waals surface area (Å²) in [5.41, 5.74) is 2.40. The Morgan fingerprint density at radius 3 is 1.18 bits per heavy atom. The van der Waals surface area contributed by atoms with Gasteiger partial charge in [0.2, 0.25) is 0 Å². The second-order valence-electron chi connectivity index (χ2n) is 12.2. The Morgan fingerprint density at radius 1 is 0.529 bits per heavy atom. The molecule has 2 saturated carbocycles. The maximum Gasteiger partial charge on any atom is 2.00 e. The molecule has 1 saturated heterocycles. The Labute approximate surface area is 329 Å². The third kappa shape index (κ3) is 21.4. The van der Waals surface area contributed by atoms with Crippen molar-refractivity contribution in [3.8, 4) is 0 Å². The SMILES string of the molecule is C[C@@H]1CCN(Cc2ccccn2)[C@H]2CCCC[C@@H]2N[C@@H](C)CCN(Cc2ccccn2)[C@@H]2CCCC[C@H]2N1.O.O.O.O.O.O.O.O.O.O.[Cl-].[Cl-].[Zn+2]. The predicted molar refractivity (Wildman–Crippen MR) is 192 cm³/mol. The topological polar surface area (TPSA) is 371 Å². The first-order chi connectivity index (χ1) is 18.7. The molecule has 16 nitrogen and oxygen atoms in total. The minimum atomic E-state index is 0. The van der Waals surface area contributed by atoms with Crippen LogP contribution in [0, 0.1) is 0 Å². The quantitative estimate of drug-likeness (QED) is 0.282. The van der Waals surface area contributed by atoms with Gasteiger partial charge in [0.05, 0.1) is 11.4 Å². The minimum absolute atomic E-state index is 0. The third-order valence-electron chi connectivity index (χ3n) is 9.28. The van der Waals surface area contributed by atoms with Gasteiger partial charge in [0.1, 0.15) is 0 Å². The van der Waals surface area contributed by atoms with Crippen molar-refractivity contribution in [3.05, 3.63) is 60.2 Å². The molecule has 0 radical (unpaired) electrons. The fourth-order valence-corrected chi connectivity index (χ4v) is 7.23. The molecule has 304 valence electrons. The van der Waals surface area contributed by atoms with Gasteiger partial charge < -0.3 is 90.2 Å². The molecule has 3 fully saturated rings. The van der Waals surface area contributed by atoms with Crippen LogP contribution in [0.5, 0.6) is 0 Å². The van der Waals surface area contributed by atoms with E-state index in [9.17, 15) is 0 Å². The fourth-order valence-electron chi connectivity index (χ4n) is 7.23. The second-order valence-corrected chi connectivity index (χ2v) is 12.2. The van der Waals surface area contributed by atoms with Gasteiger partial charge >= 0.3 is 19.5 Å².